The van der Waals surface area contributed by atoms with Crippen LogP contribution in [0.2, 0.25) is 5.02 Å². The molecule has 2 heterocycles. The first-order chi connectivity index (χ1) is 15.5. The van der Waals surface area contributed by atoms with E-state index in [0.29, 0.717) is 28.0 Å². The van der Waals surface area contributed by atoms with Crippen LogP contribution in [0.1, 0.15) is 27.0 Å². The molecule has 0 radical (unpaired) electrons. The molecule has 0 aliphatic rings. The van der Waals surface area contributed by atoms with Gasteiger partial charge in [0.15, 0.2) is 23.0 Å². The molecule has 0 saturated heterocycles. The zero-order valence-corrected chi connectivity index (χ0v) is 17.6. The molecule has 0 saturated carbocycles. The van der Waals surface area contributed by atoms with Crippen LogP contribution in [0.25, 0.3) is 11.0 Å². The molecule has 160 valence electrons. The zero-order chi connectivity index (χ0) is 22.7. The summed E-state index contributed by atoms with van der Waals surface area (Å²) in [5.41, 5.74) is 2.09. The summed E-state index contributed by atoms with van der Waals surface area (Å²) >= 11 is 6.14. The summed E-state index contributed by atoms with van der Waals surface area (Å²) < 4.78 is 25.8. The van der Waals surface area contributed by atoms with E-state index >= 15 is 4.39 Å². The van der Waals surface area contributed by atoms with Gasteiger partial charge in [0.1, 0.15) is 6.61 Å². The summed E-state index contributed by atoms with van der Waals surface area (Å²) in [4.78, 5) is 17.1. The third-order valence-electron chi connectivity index (χ3n) is 4.81. The predicted molar refractivity (Wildman–Crippen MR) is 115 cm³/mol. The number of benzene rings is 2. The number of ether oxygens (including phenoxy) is 2. The van der Waals surface area contributed by atoms with Crippen molar-refractivity contribution in [2.45, 2.75) is 13.0 Å². The quantitative estimate of drug-likeness (QED) is 0.412. The second kappa shape index (κ2) is 9.04. The molecule has 7 nitrogen and oxygen atoms in total. The average molecular weight is 451 g/mol. The van der Waals surface area contributed by atoms with Crippen LogP contribution in [0.4, 0.5) is 4.39 Å². The smallest absolute Gasteiger partial charge is 0.241 e. The fraction of sp³-hybridized carbons (Fsp3) is 0.130. The van der Waals surface area contributed by atoms with Crippen molar-refractivity contribution in [1.82, 2.24) is 15.2 Å². The first-order valence-corrected chi connectivity index (χ1v) is 9.88. The molecule has 0 amide bonds. The van der Waals surface area contributed by atoms with Crippen molar-refractivity contribution in [2.75, 3.05) is 7.11 Å². The lowest BCUT2D eigenvalue weighted by Crippen LogP contribution is -2.09. The van der Waals surface area contributed by atoms with Crippen LogP contribution >= 0.6 is 11.6 Å². The summed E-state index contributed by atoms with van der Waals surface area (Å²) in [6, 6.07) is 13.3. The van der Waals surface area contributed by atoms with E-state index in [1.54, 1.807) is 30.3 Å². The van der Waals surface area contributed by atoms with Crippen molar-refractivity contribution >= 4 is 28.4 Å². The van der Waals surface area contributed by atoms with Gasteiger partial charge in [0.05, 0.1) is 34.7 Å². The van der Waals surface area contributed by atoms with Crippen molar-refractivity contribution in [2.24, 2.45) is 0 Å². The summed E-state index contributed by atoms with van der Waals surface area (Å²) in [5.74, 6) is -1.08. The van der Waals surface area contributed by atoms with Gasteiger partial charge in [-0.2, -0.15) is 5.26 Å². The highest BCUT2D eigenvalue weighted by molar-refractivity contribution is 6.34. The Kier molecular flexibility index (Phi) is 6.01. The van der Waals surface area contributed by atoms with Crippen LogP contribution in [0, 0.1) is 17.1 Å². The van der Waals surface area contributed by atoms with Crippen molar-refractivity contribution in [3.63, 3.8) is 0 Å². The number of hydrogen-bond donors (Lipinski definition) is 1. The van der Waals surface area contributed by atoms with Crippen molar-refractivity contribution < 1.29 is 18.7 Å². The fourth-order valence-corrected chi connectivity index (χ4v) is 3.44. The van der Waals surface area contributed by atoms with E-state index in [1.807, 2.05) is 6.07 Å². The Hall–Kier alpha value is -3.96. The van der Waals surface area contributed by atoms with E-state index in [-0.39, 0.29) is 29.4 Å². The number of aromatic amines is 1. The average Bonchev–Trinajstić information content (AvgIpc) is 3.21. The second-order valence-corrected chi connectivity index (χ2v) is 7.31. The number of Topliss-reactive ketones (excluding diaryl/α,β-unsaturated/α-hetero) is 1. The molecule has 0 unspecified atom stereocenters. The van der Waals surface area contributed by atoms with E-state index in [9.17, 15) is 4.79 Å². The van der Waals surface area contributed by atoms with E-state index < -0.39 is 11.6 Å². The van der Waals surface area contributed by atoms with Crippen LogP contribution in [0.3, 0.4) is 0 Å². The number of pyridine rings is 1. The number of ketones is 1. The van der Waals surface area contributed by atoms with Gasteiger partial charge in [-0.15, -0.1) is 5.10 Å². The highest BCUT2D eigenvalue weighted by atomic mass is 35.5. The number of carbonyl (C=O) groups excluding carboxylic acids is 1. The molecule has 0 aliphatic heterocycles. The number of nitrogens with zero attached hydrogens (tertiary/aromatic N) is 3. The second-order valence-electron chi connectivity index (χ2n) is 6.90. The minimum absolute atomic E-state index is 0.00634. The van der Waals surface area contributed by atoms with E-state index in [0.717, 1.165) is 5.56 Å². The molecule has 32 heavy (non-hydrogen) atoms. The standard InChI is InChI=1S/C23H16ClFN4O3/c1-31-23-16-8-15(11-27-22(16)28-29-23)9-18(30)20-17(24)6-7-19(21(20)25)32-12-14-4-2-13(10-26)3-5-14/h2-8,11H,9,12H2,1H3,(H,27,28,29). The number of hydrogen-bond acceptors (Lipinski definition) is 6. The van der Waals surface area contributed by atoms with Crippen LogP contribution in [-0.4, -0.2) is 28.1 Å². The highest BCUT2D eigenvalue weighted by Crippen LogP contribution is 2.30. The molecule has 1 N–H and O–H groups in total. The maximum Gasteiger partial charge on any atom is 0.241 e. The zero-order valence-electron chi connectivity index (χ0n) is 16.9. The highest BCUT2D eigenvalue weighted by Gasteiger charge is 2.21. The Morgan fingerprint density at radius 3 is 2.72 bits per heavy atom. The van der Waals surface area contributed by atoms with Gasteiger partial charge in [0, 0.05) is 12.6 Å². The number of nitriles is 1. The molecule has 4 rings (SSSR count). The number of aromatic nitrogens is 3. The Morgan fingerprint density at radius 2 is 2.00 bits per heavy atom. The third-order valence-corrected chi connectivity index (χ3v) is 5.12. The van der Waals surface area contributed by atoms with Gasteiger partial charge in [-0.3, -0.25) is 9.89 Å². The van der Waals surface area contributed by atoms with Gasteiger partial charge in [0.2, 0.25) is 5.88 Å². The molecule has 0 atom stereocenters. The lowest BCUT2D eigenvalue weighted by Gasteiger charge is -2.12. The maximum absolute atomic E-state index is 15.1. The Balaban J connectivity index is 1.55. The van der Waals surface area contributed by atoms with Gasteiger partial charge in [-0.25, -0.2) is 9.37 Å². The molecule has 0 fully saturated rings. The Labute approximate surface area is 187 Å². The van der Waals surface area contributed by atoms with Gasteiger partial charge < -0.3 is 9.47 Å². The lowest BCUT2D eigenvalue weighted by molar-refractivity contribution is 0.0988. The van der Waals surface area contributed by atoms with Crippen molar-refractivity contribution in [3.05, 3.63) is 81.8 Å². The monoisotopic (exact) mass is 450 g/mol. The topological polar surface area (TPSA) is 101 Å². The molecule has 0 spiro atoms. The van der Waals surface area contributed by atoms with E-state index in [4.69, 9.17) is 26.3 Å². The van der Waals surface area contributed by atoms with Crippen molar-refractivity contribution in [3.8, 4) is 17.7 Å². The minimum Gasteiger partial charge on any atom is -0.486 e. The van der Waals surface area contributed by atoms with E-state index in [1.165, 1.54) is 25.4 Å². The van der Waals surface area contributed by atoms with Gasteiger partial charge in [0.25, 0.3) is 0 Å². The van der Waals surface area contributed by atoms with Crippen LogP contribution in [0.15, 0.2) is 48.7 Å². The Morgan fingerprint density at radius 1 is 1.22 bits per heavy atom. The minimum atomic E-state index is -0.828. The van der Waals surface area contributed by atoms with Crippen LogP contribution in [-0.2, 0) is 13.0 Å². The van der Waals surface area contributed by atoms with Gasteiger partial charge in [-0.05, 0) is 41.5 Å². The first-order valence-electron chi connectivity index (χ1n) is 9.50. The summed E-state index contributed by atoms with van der Waals surface area (Å²) in [6.45, 7) is 0.0682. The molecule has 2 aromatic carbocycles. The molecule has 0 bridgehead atoms. The van der Waals surface area contributed by atoms with Crippen LogP contribution < -0.4 is 9.47 Å². The molecular weight excluding hydrogens is 435 g/mol. The van der Waals surface area contributed by atoms with E-state index in [2.05, 4.69) is 15.2 Å². The molecule has 4 aromatic rings. The molecular formula is C23H16ClFN4O3. The summed E-state index contributed by atoms with van der Waals surface area (Å²) in [5, 5.41) is 16.2. The SMILES string of the molecule is COc1n[nH]c2ncc(CC(=O)c3c(Cl)ccc(OCc4ccc(C#N)cc4)c3F)cc12. The number of methoxy groups -OCH3 is 1. The van der Waals surface area contributed by atoms with Gasteiger partial charge in [-0.1, -0.05) is 23.7 Å². The first kappa shape index (κ1) is 21.3. The number of rotatable bonds is 7. The largest absolute Gasteiger partial charge is 0.486 e. The van der Waals surface area contributed by atoms with Crippen molar-refractivity contribution in [1.29, 1.82) is 5.26 Å². The fourth-order valence-electron chi connectivity index (χ4n) is 3.19. The normalized spacial score (nSPS) is 10.7. The number of H-pyrrole nitrogens is 1. The number of carbonyl (C=O) groups is 1. The van der Waals surface area contributed by atoms with Gasteiger partial charge >= 0.3 is 0 Å². The van der Waals surface area contributed by atoms with Crippen LogP contribution in [0.5, 0.6) is 11.6 Å². The predicted octanol–water partition coefficient (Wildman–Crippen LogP) is 4.64. The molecule has 0 aliphatic carbocycles. The Bertz CT molecular complexity index is 1350. The lowest BCUT2D eigenvalue weighted by atomic mass is 10.0. The maximum atomic E-state index is 15.1. The third kappa shape index (κ3) is 4.24. The number of halogens is 2. The number of nitrogens with one attached hydrogen (secondary N) is 1. The molecule has 2 aromatic heterocycles. The summed E-state index contributed by atoms with van der Waals surface area (Å²) in [6.07, 6.45) is 1.39. The summed E-state index contributed by atoms with van der Waals surface area (Å²) in [7, 11) is 1.48. The number of fused-ring (bicyclic) bond motifs is 1. The molecule has 9 heteroatoms.